The summed E-state index contributed by atoms with van der Waals surface area (Å²) in [4.78, 5) is 24.1. The van der Waals surface area contributed by atoms with Gasteiger partial charge in [0.25, 0.3) is 5.91 Å². The summed E-state index contributed by atoms with van der Waals surface area (Å²) in [5.41, 5.74) is 2.32. The van der Waals surface area contributed by atoms with Crippen LogP contribution in [0.5, 0.6) is 17.4 Å². The molecular weight excluding hydrogens is 344 g/mol. The zero-order valence-electron chi connectivity index (χ0n) is 15.6. The third-order valence-electron chi connectivity index (χ3n) is 4.41. The average molecular weight is 366 g/mol. The largest absolute Gasteiger partial charge is 0.483 e. The van der Waals surface area contributed by atoms with E-state index in [1.165, 1.54) is 6.20 Å². The maximum atomic E-state index is 12.3. The first kappa shape index (κ1) is 17.3. The van der Waals surface area contributed by atoms with Crippen molar-refractivity contribution < 1.29 is 14.3 Å². The van der Waals surface area contributed by atoms with Crippen molar-refractivity contribution in [3.63, 3.8) is 0 Å². The fourth-order valence-corrected chi connectivity index (χ4v) is 3.21. The van der Waals surface area contributed by atoms with Crippen molar-refractivity contribution in [3.8, 4) is 17.4 Å². The van der Waals surface area contributed by atoms with E-state index in [1.54, 1.807) is 6.20 Å². The third kappa shape index (κ3) is 3.32. The molecule has 0 bridgehead atoms. The molecule has 0 aliphatic carbocycles. The molecule has 0 fully saturated rings. The standard InChI is InChI=1S/C20H22N4O3/c1-4-8-21-19(25)13-10-22-18-16(13)24-15(11-23-18)26-14-7-5-6-12-9-20(2,3)27-17(12)14/h5-7,10-11H,4,8-9H2,1-3H3,(H,21,25)(H,22,23). The molecule has 27 heavy (non-hydrogen) atoms. The van der Waals surface area contributed by atoms with Gasteiger partial charge in [-0.3, -0.25) is 4.79 Å². The number of hydrogen-bond donors (Lipinski definition) is 2. The van der Waals surface area contributed by atoms with Gasteiger partial charge in [-0.1, -0.05) is 19.1 Å². The highest BCUT2D eigenvalue weighted by Crippen LogP contribution is 2.43. The van der Waals surface area contributed by atoms with Crippen LogP contribution >= 0.6 is 0 Å². The van der Waals surface area contributed by atoms with Crippen molar-refractivity contribution in [2.75, 3.05) is 6.54 Å². The second-order valence-electron chi connectivity index (χ2n) is 7.25. The third-order valence-corrected chi connectivity index (χ3v) is 4.41. The predicted molar refractivity (Wildman–Crippen MR) is 101 cm³/mol. The van der Waals surface area contributed by atoms with Crippen LogP contribution in [0, 0.1) is 0 Å². The molecule has 2 N–H and O–H groups in total. The van der Waals surface area contributed by atoms with Crippen LogP contribution in [0.15, 0.2) is 30.6 Å². The van der Waals surface area contributed by atoms with Gasteiger partial charge in [0.15, 0.2) is 17.1 Å². The minimum atomic E-state index is -0.261. The molecule has 1 aromatic carbocycles. The number of hydrogen-bond acceptors (Lipinski definition) is 5. The highest BCUT2D eigenvalue weighted by Gasteiger charge is 2.32. The van der Waals surface area contributed by atoms with Crippen molar-refractivity contribution in [1.29, 1.82) is 0 Å². The Morgan fingerprint density at radius 3 is 3.07 bits per heavy atom. The smallest absolute Gasteiger partial charge is 0.255 e. The molecule has 0 radical (unpaired) electrons. The number of ether oxygens (including phenoxy) is 2. The lowest BCUT2D eigenvalue weighted by Crippen LogP contribution is -2.24. The Hall–Kier alpha value is -3.09. The van der Waals surface area contributed by atoms with Gasteiger partial charge < -0.3 is 19.8 Å². The van der Waals surface area contributed by atoms with Crippen LogP contribution in [0.1, 0.15) is 43.1 Å². The normalized spacial score (nSPS) is 14.6. The van der Waals surface area contributed by atoms with Crippen LogP contribution in [0.25, 0.3) is 11.2 Å². The number of aromatic nitrogens is 3. The Morgan fingerprint density at radius 1 is 1.41 bits per heavy atom. The van der Waals surface area contributed by atoms with Crippen molar-refractivity contribution in [2.24, 2.45) is 0 Å². The minimum absolute atomic E-state index is 0.180. The van der Waals surface area contributed by atoms with Crippen LogP contribution in [-0.2, 0) is 6.42 Å². The molecule has 0 atom stereocenters. The molecule has 0 saturated heterocycles. The second kappa shape index (κ2) is 6.57. The topological polar surface area (TPSA) is 89.1 Å². The van der Waals surface area contributed by atoms with Crippen molar-refractivity contribution in [1.82, 2.24) is 20.3 Å². The molecule has 0 spiro atoms. The van der Waals surface area contributed by atoms with Gasteiger partial charge in [0.2, 0.25) is 5.88 Å². The summed E-state index contributed by atoms with van der Waals surface area (Å²) >= 11 is 0. The summed E-state index contributed by atoms with van der Waals surface area (Å²) in [7, 11) is 0. The van der Waals surface area contributed by atoms with Crippen molar-refractivity contribution in [3.05, 3.63) is 41.7 Å². The van der Waals surface area contributed by atoms with E-state index in [9.17, 15) is 4.79 Å². The highest BCUT2D eigenvalue weighted by molar-refractivity contribution is 6.04. The van der Waals surface area contributed by atoms with Gasteiger partial charge in [-0.25, -0.2) is 9.97 Å². The van der Waals surface area contributed by atoms with E-state index in [0.717, 1.165) is 24.2 Å². The van der Waals surface area contributed by atoms with E-state index in [4.69, 9.17) is 9.47 Å². The number of amides is 1. The number of para-hydroxylation sites is 1. The molecule has 3 aromatic rings. The summed E-state index contributed by atoms with van der Waals surface area (Å²) in [5, 5.41) is 2.85. The van der Waals surface area contributed by atoms with Crippen molar-refractivity contribution in [2.45, 2.75) is 39.2 Å². The molecular formula is C20H22N4O3. The molecule has 0 saturated carbocycles. The van der Waals surface area contributed by atoms with Crippen LogP contribution in [0.4, 0.5) is 0 Å². The molecule has 2 aromatic heterocycles. The summed E-state index contributed by atoms with van der Waals surface area (Å²) in [6.45, 7) is 6.70. The van der Waals surface area contributed by atoms with Crippen LogP contribution in [-0.4, -0.2) is 33.0 Å². The number of fused-ring (bicyclic) bond motifs is 2. The fraction of sp³-hybridized carbons (Fsp3) is 0.350. The lowest BCUT2D eigenvalue weighted by molar-refractivity contribution is 0.0955. The first-order chi connectivity index (χ1) is 13.0. The van der Waals surface area contributed by atoms with Gasteiger partial charge in [0, 0.05) is 24.7 Å². The number of carbonyl (C=O) groups excluding carboxylic acids is 1. The molecule has 7 heteroatoms. The van der Waals surface area contributed by atoms with E-state index in [0.29, 0.717) is 34.9 Å². The molecule has 1 aliphatic heterocycles. The van der Waals surface area contributed by atoms with Gasteiger partial charge in [0.1, 0.15) is 11.1 Å². The number of aromatic amines is 1. The molecule has 7 nitrogen and oxygen atoms in total. The number of H-pyrrole nitrogens is 1. The van der Waals surface area contributed by atoms with Crippen LogP contribution < -0.4 is 14.8 Å². The zero-order chi connectivity index (χ0) is 19.0. The first-order valence-electron chi connectivity index (χ1n) is 9.08. The summed E-state index contributed by atoms with van der Waals surface area (Å²) in [6, 6.07) is 5.82. The van der Waals surface area contributed by atoms with Crippen LogP contribution in [0.2, 0.25) is 0 Å². The number of nitrogens with zero attached hydrogens (tertiary/aromatic N) is 2. The Morgan fingerprint density at radius 2 is 2.26 bits per heavy atom. The van der Waals surface area contributed by atoms with E-state index in [2.05, 4.69) is 20.3 Å². The maximum absolute atomic E-state index is 12.3. The molecule has 0 unspecified atom stereocenters. The lowest BCUT2D eigenvalue weighted by Gasteiger charge is -2.18. The number of benzene rings is 1. The Kier molecular flexibility index (Phi) is 4.22. The zero-order valence-corrected chi connectivity index (χ0v) is 15.6. The van der Waals surface area contributed by atoms with Gasteiger partial charge in [-0.15, -0.1) is 0 Å². The minimum Gasteiger partial charge on any atom is -0.483 e. The summed E-state index contributed by atoms with van der Waals surface area (Å²) < 4.78 is 12.0. The van der Waals surface area contributed by atoms with E-state index >= 15 is 0 Å². The monoisotopic (exact) mass is 366 g/mol. The van der Waals surface area contributed by atoms with E-state index in [1.807, 2.05) is 39.0 Å². The SMILES string of the molecule is CCCNC(=O)c1c[nH]c2ncc(Oc3cccc4c3OC(C)(C)C4)nc12. The predicted octanol–water partition coefficient (Wildman–Crippen LogP) is 3.60. The van der Waals surface area contributed by atoms with E-state index < -0.39 is 0 Å². The Balaban J connectivity index is 1.65. The van der Waals surface area contributed by atoms with Crippen molar-refractivity contribution >= 4 is 17.1 Å². The van der Waals surface area contributed by atoms with Gasteiger partial charge >= 0.3 is 0 Å². The van der Waals surface area contributed by atoms with E-state index in [-0.39, 0.29) is 11.5 Å². The molecule has 3 heterocycles. The fourth-order valence-electron chi connectivity index (χ4n) is 3.21. The number of nitrogens with one attached hydrogen (secondary N) is 2. The first-order valence-corrected chi connectivity index (χ1v) is 9.08. The average Bonchev–Trinajstić information content (AvgIpc) is 3.19. The summed E-state index contributed by atoms with van der Waals surface area (Å²) in [6.07, 6.45) is 4.84. The quantitative estimate of drug-likeness (QED) is 0.720. The van der Waals surface area contributed by atoms with Gasteiger partial charge in [-0.05, 0) is 26.3 Å². The lowest BCUT2D eigenvalue weighted by atomic mass is 10.0. The number of carbonyl (C=O) groups is 1. The van der Waals surface area contributed by atoms with Gasteiger partial charge in [0.05, 0.1) is 11.8 Å². The molecule has 1 amide bonds. The summed E-state index contributed by atoms with van der Waals surface area (Å²) in [5.74, 6) is 1.47. The Labute approximate surface area is 157 Å². The second-order valence-corrected chi connectivity index (χ2v) is 7.25. The Bertz CT molecular complexity index is 1010. The molecule has 140 valence electrons. The van der Waals surface area contributed by atoms with Crippen LogP contribution in [0.3, 0.4) is 0 Å². The number of rotatable bonds is 5. The van der Waals surface area contributed by atoms with Gasteiger partial charge in [-0.2, -0.15) is 0 Å². The molecule has 1 aliphatic rings. The maximum Gasteiger partial charge on any atom is 0.255 e. The molecule has 4 rings (SSSR count). The highest BCUT2D eigenvalue weighted by atomic mass is 16.5.